The Morgan fingerprint density at radius 1 is 1.19 bits per heavy atom. The number of aliphatic hydroxyl groups excluding tert-OH is 1. The Morgan fingerprint density at radius 2 is 1.69 bits per heavy atom. The van der Waals surface area contributed by atoms with Crippen LogP contribution in [0.15, 0.2) is 18.2 Å². The van der Waals surface area contributed by atoms with Crippen LogP contribution in [0.5, 0.6) is 0 Å². The second-order valence-corrected chi connectivity index (χ2v) is 4.43. The summed E-state index contributed by atoms with van der Waals surface area (Å²) in [5, 5.41) is 9.75. The summed E-state index contributed by atoms with van der Waals surface area (Å²) in [6.07, 6.45) is -0.291. The quantitative estimate of drug-likeness (QED) is 0.832. The predicted molar refractivity (Wildman–Crippen MR) is 58.7 cm³/mol. The van der Waals surface area contributed by atoms with Crippen LogP contribution in [0.4, 0.5) is 8.78 Å². The lowest BCUT2D eigenvalue weighted by molar-refractivity contribution is 0.121. The molecule has 0 aliphatic rings. The van der Waals surface area contributed by atoms with E-state index in [2.05, 4.69) is 0 Å². The van der Waals surface area contributed by atoms with Crippen LogP contribution >= 0.6 is 0 Å². The SMILES string of the molecule is CC(C)C[C@@H](O)[C@@H](N)c1cc(F)cc(F)c1. The highest BCUT2D eigenvalue weighted by molar-refractivity contribution is 5.22. The lowest BCUT2D eigenvalue weighted by Gasteiger charge is -2.20. The van der Waals surface area contributed by atoms with Gasteiger partial charge in [-0.05, 0) is 30.0 Å². The van der Waals surface area contributed by atoms with Crippen LogP contribution in [0.1, 0.15) is 31.9 Å². The minimum absolute atomic E-state index is 0.277. The average molecular weight is 229 g/mol. The third-order valence-electron chi connectivity index (χ3n) is 2.40. The third kappa shape index (κ3) is 3.54. The van der Waals surface area contributed by atoms with Gasteiger partial charge in [0, 0.05) is 6.07 Å². The topological polar surface area (TPSA) is 46.2 Å². The van der Waals surface area contributed by atoms with Crippen molar-refractivity contribution in [3.05, 3.63) is 35.4 Å². The summed E-state index contributed by atoms with van der Waals surface area (Å²) in [4.78, 5) is 0. The van der Waals surface area contributed by atoms with Gasteiger partial charge in [0.2, 0.25) is 0 Å². The van der Waals surface area contributed by atoms with Crippen LogP contribution in [-0.4, -0.2) is 11.2 Å². The summed E-state index contributed by atoms with van der Waals surface area (Å²) in [5.74, 6) is -1.08. The Morgan fingerprint density at radius 3 is 2.12 bits per heavy atom. The Hall–Kier alpha value is -1.00. The fourth-order valence-electron chi connectivity index (χ4n) is 1.62. The van der Waals surface area contributed by atoms with Crippen molar-refractivity contribution in [2.24, 2.45) is 11.7 Å². The van der Waals surface area contributed by atoms with Gasteiger partial charge in [0.15, 0.2) is 0 Å². The van der Waals surface area contributed by atoms with Crippen LogP contribution in [-0.2, 0) is 0 Å². The fourth-order valence-corrected chi connectivity index (χ4v) is 1.62. The van der Waals surface area contributed by atoms with E-state index >= 15 is 0 Å². The number of rotatable bonds is 4. The Kier molecular flexibility index (Phi) is 4.38. The molecule has 16 heavy (non-hydrogen) atoms. The molecule has 0 bridgehead atoms. The molecule has 0 heterocycles. The number of nitrogens with two attached hydrogens (primary N) is 1. The molecule has 2 nitrogen and oxygen atoms in total. The molecule has 0 radical (unpaired) electrons. The maximum atomic E-state index is 12.9. The van der Waals surface area contributed by atoms with E-state index in [1.165, 1.54) is 0 Å². The van der Waals surface area contributed by atoms with E-state index in [4.69, 9.17) is 5.73 Å². The van der Waals surface area contributed by atoms with E-state index in [1.807, 2.05) is 13.8 Å². The van der Waals surface area contributed by atoms with Gasteiger partial charge in [-0.2, -0.15) is 0 Å². The molecular formula is C12H17F2NO. The summed E-state index contributed by atoms with van der Waals surface area (Å²) in [5.41, 5.74) is 6.02. The molecule has 0 aliphatic heterocycles. The molecule has 1 aromatic rings. The molecule has 0 aromatic heterocycles. The number of halogens is 2. The molecule has 0 fully saturated rings. The zero-order chi connectivity index (χ0) is 12.3. The fraction of sp³-hybridized carbons (Fsp3) is 0.500. The Labute approximate surface area is 94.1 Å². The minimum Gasteiger partial charge on any atom is -0.391 e. The lowest BCUT2D eigenvalue weighted by Crippen LogP contribution is -2.27. The van der Waals surface area contributed by atoms with Gasteiger partial charge < -0.3 is 10.8 Å². The van der Waals surface area contributed by atoms with Gasteiger partial charge in [0.25, 0.3) is 0 Å². The van der Waals surface area contributed by atoms with Crippen LogP contribution in [0, 0.1) is 17.6 Å². The molecule has 90 valence electrons. The maximum Gasteiger partial charge on any atom is 0.126 e. The first-order valence-electron chi connectivity index (χ1n) is 5.29. The standard InChI is InChI=1S/C12H17F2NO/c1-7(2)3-11(16)12(15)8-4-9(13)6-10(14)5-8/h4-7,11-12,16H,3,15H2,1-2H3/t11-,12+/m1/s1. The van der Waals surface area contributed by atoms with Crippen molar-refractivity contribution < 1.29 is 13.9 Å². The summed E-state index contributed by atoms with van der Waals surface area (Å²) < 4.78 is 25.9. The van der Waals surface area contributed by atoms with Gasteiger partial charge in [-0.15, -0.1) is 0 Å². The summed E-state index contributed by atoms with van der Waals surface area (Å²) in [7, 11) is 0. The lowest BCUT2D eigenvalue weighted by atomic mass is 9.95. The molecule has 0 saturated heterocycles. The largest absolute Gasteiger partial charge is 0.391 e. The van der Waals surface area contributed by atoms with Crippen molar-refractivity contribution in [1.29, 1.82) is 0 Å². The van der Waals surface area contributed by atoms with Gasteiger partial charge in [0.1, 0.15) is 11.6 Å². The van der Waals surface area contributed by atoms with Gasteiger partial charge in [-0.3, -0.25) is 0 Å². The Bertz CT molecular complexity index is 335. The van der Waals surface area contributed by atoms with Gasteiger partial charge in [-0.1, -0.05) is 13.8 Å². The molecule has 0 saturated carbocycles. The smallest absolute Gasteiger partial charge is 0.126 e. The molecule has 0 unspecified atom stereocenters. The summed E-state index contributed by atoms with van der Waals surface area (Å²) in [6.45, 7) is 3.89. The second-order valence-electron chi connectivity index (χ2n) is 4.43. The molecular weight excluding hydrogens is 212 g/mol. The van der Waals surface area contributed by atoms with Crippen molar-refractivity contribution in [1.82, 2.24) is 0 Å². The van der Waals surface area contributed by atoms with E-state index in [-0.39, 0.29) is 11.5 Å². The number of hydrogen-bond acceptors (Lipinski definition) is 2. The molecule has 0 aliphatic carbocycles. The average Bonchev–Trinajstić information content (AvgIpc) is 2.13. The predicted octanol–water partition coefficient (Wildman–Crippen LogP) is 2.37. The summed E-state index contributed by atoms with van der Waals surface area (Å²) in [6, 6.07) is 2.33. The monoisotopic (exact) mass is 229 g/mol. The number of benzene rings is 1. The highest BCUT2D eigenvalue weighted by Crippen LogP contribution is 2.21. The second kappa shape index (κ2) is 5.37. The first kappa shape index (κ1) is 13.1. The molecule has 0 amide bonds. The molecule has 4 heteroatoms. The molecule has 1 aromatic carbocycles. The van der Waals surface area contributed by atoms with E-state index in [9.17, 15) is 13.9 Å². The van der Waals surface area contributed by atoms with Crippen LogP contribution < -0.4 is 5.73 Å². The van der Waals surface area contributed by atoms with Gasteiger partial charge in [-0.25, -0.2) is 8.78 Å². The van der Waals surface area contributed by atoms with E-state index in [0.29, 0.717) is 6.42 Å². The Balaban J connectivity index is 2.82. The molecule has 3 N–H and O–H groups in total. The van der Waals surface area contributed by atoms with Gasteiger partial charge >= 0.3 is 0 Å². The van der Waals surface area contributed by atoms with E-state index in [1.54, 1.807) is 0 Å². The van der Waals surface area contributed by atoms with Crippen molar-refractivity contribution in [2.45, 2.75) is 32.4 Å². The molecule has 2 atom stereocenters. The normalized spacial score (nSPS) is 15.2. The maximum absolute atomic E-state index is 12.9. The zero-order valence-corrected chi connectivity index (χ0v) is 9.45. The van der Waals surface area contributed by atoms with Crippen molar-refractivity contribution in [3.8, 4) is 0 Å². The zero-order valence-electron chi connectivity index (χ0n) is 9.45. The number of aliphatic hydroxyl groups is 1. The summed E-state index contributed by atoms with van der Waals surface area (Å²) >= 11 is 0. The molecule has 1 rings (SSSR count). The first-order valence-corrected chi connectivity index (χ1v) is 5.29. The highest BCUT2D eigenvalue weighted by Gasteiger charge is 2.19. The van der Waals surface area contributed by atoms with Crippen molar-refractivity contribution >= 4 is 0 Å². The minimum atomic E-state index is -0.791. The first-order chi connectivity index (χ1) is 7.40. The van der Waals surface area contributed by atoms with Crippen LogP contribution in [0.3, 0.4) is 0 Å². The van der Waals surface area contributed by atoms with Crippen LogP contribution in [0.2, 0.25) is 0 Å². The van der Waals surface area contributed by atoms with Gasteiger partial charge in [0.05, 0.1) is 12.1 Å². The van der Waals surface area contributed by atoms with Crippen molar-refractivity contribution in [2.75, 3.05) is 0 Å². The number of hydrogen-bond donors (Lipinski definition) is 2. The van der Waals surface area contributed by atoms with Crippen molar-refractivity contribution in [3.63, 3.8) is 0 Å². The van der Waals surface area contributed by atoms with E-state index < -0.39 is 23.8 Å². The molecule has 0 spiro atoms. The third-order valence-corrected chi connectivity index (χ3v) is 2.40. The highest BCUT2D eigenvalue weighted by atomic mass is 19.1. The van der Waals surface area contributed by atoms with E-state index in [0.717, 1.165) is 18.2 Å². The van der Waals surface area contributed by atoms with Crippen LogP contribution in [0.25, 0.3) is 0 Å².